The molecule has 4 heteroatoms. The lowest BCUT2D eigenvalue weighted by molar-refractivity contribution is 0.0775. The van der Waals surface area contributed by atoms with Gasteiger partial charge in [0.05, 0.1) is 6.54 Å². The van der Waals surface area contributed by atoms with Gasteiger partial charge in [-0.25, -0.2) is 0 Å². The molecule has 0 N–H and O–H groups in total. The van der Waals surface area contributed by atoms with Crippen LogP contribution in [0, 0.1) is 6.92 Å². The molecule has 0 saturated heterocycles. The standard InChI is InChI=1S/C19H20N2O2/c1-15-5-10-18(23-15)14-20(2)19(22)17-8-6-16(7-9-17)13-21-11-3-4-12-21/h3-12H,13-14H2,1-2H3. The number of hydrogen-bond acceptors (Lipinski definition) is 2. The Labute approximate surface area is 136 Å². The fraction of sp³-hybridized carbons (Fsp3) is 0.211. The lowest BCUT2D eigenvalue weighted by Gasteiger charge is -2.16. The topological polar surface area (TPSA) is 38.4 Å². The third kappa shape index (κ3) is 3.72. The van der Waals surface area contributed by atoms with Gasteiger partial charge < -0.3 is 13.9 Å². The molecule has 0 fully saturated rings. The van der Waals surface area contributed by atoms with E-state index in [0.717, 1.165) is 18.1 Å². The van der Waals surface area contributed by atoms with Gasteiger partial charge in [0.2, 0.25) is 0 Å². The van der Waals surface area contributed by atoms with Crippen LogP contribution in [0.15, 0.2) is 65.3 Å². The molecule has 0 aliphatic heterocycles. The molecule has 3 rings (SSSR count). The number of nitrogens with zero attached hydrogens (tertiary/aromatic N) is 2. The molecular weight excluding hydrogens is 288 g/mol. The molecule has 0 aliphatic carbocycles. The maximum atomic E-state index is 12.5. The molecule has 2 heterocycles. The van der Waals surface area contributed by atoms with Crippen molar-refractivity contribution in [3.05, 3.63) is 83.6 Å². The Kier molecular flexibility index (Phi) is 4.33. The summed E-state index contributed by atoms with van der Waals surface area (Å²) in [4.78, 5) is 14.1. The van der Waals surface area contributed by atoms with Gasteiger partial charge in [0, 0.05) is 31.5 Å². The number of carbonyl (C=O) groups excluding carboxylic acids is 1. The predicted molar refractivity (Wildman–Crippen MR) is 89.2 cm³/mol. The van der Waals surface area contributed by atoms with Crippen molar-refractivity contribution in [2.75, 3.05) is 7.05 Å². The molecule has 0 aliphatic rings. The molecule has 0 unspecified atom stereocenters. The van der Waals surface area contributed by atoms with Crippen LogP contribution in [0.1, 0.15) is 27.4 Å². The van der Waals surface area contributed by atoms with Crippen LogP contribution in [0.3, 0.4) is 0 Å². The summed E-state index contributed by atoms with van der Waals surface area (Å²) in [5, 5.41) is 0. The minimum atomic E-state index is -0.00781. The molecule has 0 saturated carbocycles. The van der Waals surface area contributed by atoms with E-state index in [2.05, 4.69) is 4.57 Å². The second kappa shape index (κ2) is 6.57. The zero-order valence-electron chi connectivity index (χ0n) is 13.4. The summed E-state index contributed by atoms with van der Waals surface area (Å²) in [5.74, 6) is 1.64. The first-order chi connectivity index (χ1) is 11.1. The lowest BCUT2D eigenvalue weighted by Crippen LogP contribution is -2.25. The summed E-state index contributed by atoms with van der Waals surface area (Å²) in [6.07, 6.45) is 4.05. The minimum Gasteiger partial charge on any atom is -0.464 e. The van der Waals surface area contributed by atoms with Gasteiger partial charge in [0.25, 0.3) is 5.91 Å². The molecule has 1 aromatic carbocycles. The average molecular weight is 308 g/mol. The van der Waals surface area contributed by atoms with E-state index in [9.17, 15) is 4.79 Å². The number of aryl methyl sites for hydroxylation is 1. The van der Waals surface area contributed by atoms with Crippen molar-refractivity contribution in [1.82, 2.24) is 9.47 Å². The average Bonchev–Trinajstić information content (AvgIpc) is 3.19. The maximum absolute atomic E-state index is 12.5. The molecule has 4 nitrogen and oxygen atoms in total. The number of furan rings is 1. The number of amides is 1. The van der Waals surface area contributed by atoms with Crippen molar-refractivity contribution in [1.29, 1.82) is 0 Å². The van der Waals surface area contributed by atoms with E-state index in [4.69, 9.17) is 4.42 Å². The van der Waals surface area contributed by atoms with Crippen LogP contribution in [0.2, 0.25) is 0 Å². The van der Waals surface area contributed by atoms with E-state index in [1.807, 2.05) is 67.8 Å². The Balaban J connectivity index is 1.64. The first kappa shape index (κ1) is 15.2. The molecule has 2 aromatic heterocycles. The van der Waals surface area contributed by atoms with E-state index < -0.39 is 0 Å². The zero-order chi connectivity index (χ0) is 16.2. The monoisotopic (exact) mass is 308 g/mol. The van der Waals surface area contributed by atoms with E-state index in [1.165, 1.54) is 5.56 Å². The van der Waals surface area contributed by atoms with E-state index in [0.29, 0.717) is 12.1 Å². The highest BCUT2D eigenvalue weighted by Gasteiger charge is 2.13. The van der Waals surface area contributed by atoms with Crippen molar-refractivity contribution in [2.45, 2.75) is 20.0 Å². The van der Waals surface area contributed by atoms with E-state index in [-0.39, 0.29) is 5.91 Å². The third-order valence-electron chi connectivity index (χ3n) is 3.77. The molecule has 0 spiro atoms. The number of benzene rings is 1. The molecule has 0 bridgehead atoms. The van der Waals surface area contributed by atoms with Crippen LogP contribution in [0.4, 0.5) is 0 Å². The summed E-state index contributed by atoms with van der Waals surface area (Å²) in [5.41, 5.74) is 1.86. The molecule has 23 heavy (non-hydrogen) atoms. The molecule has 1 amide bonds. The van der Waals surface area contributed by atoms with Crippen molar-refractivity contribution >= 4 is 5.91 Å². The molecule has 0 atom stereocenters. The highest BCUT2D eigenvalue weighted by Crippen LogP contribution is 2.13. The second-order valence-electron chi connectivity index (χ2n) is 5.73. The molecule has 3 aromatic rings. The normalized spacial score (nSPS) is 10.7. The van der Waals surface area contributed by atoms with E-state index >= 15 is 0 Å². The van der Waals surface area contributed by atoms with Crippen molar-refractivity contribution < 1.29 is 9.21 Å². The molecule has 118 valence electrons. The highest BCUT2D eigenvalue weighted by atomic mass is 16.3. The fourth-order valence-corrected chi connectivity index (χ4v) is 2.54. The fourth-order valence-electron chi connectivity index (χ4n) is 2.54. The number of rotatable bonds is 5. The first-order valence-electron chi connectivity index (χ1n) is 7.62. The van der Waals surface area contributed by atoms with Crippen LogP contribution in [0.5, 0.6) is 0 Å². The number of aromatic nitrogens is 1. The molecular formula is C19H20N2O2. The summed E-state index contributed by atoms with van der Waals surface area (Å²) >= 11 is 0. The lowest BCUT2D eigenvalue weighted by atomic mass is 10.1. The number of hydrogen-bond donors (Lipinski definition) is 0. The number of carbonyl (C=O) groups is 1. The summed E-state index contributed by atoms with van der Waals surface area (Å²) in [6.45, 7) is 3.18. The third-order valence-corrected chi connectivity index (χ3v) is 3.77. The first-order valence-corrected chi connectivity index (χ1v) is 7.62. The van der Waals surface area contributed by atoms with Gasteiger partial charge in [-0.2, -0.15) is 0 Å². The Morgan fingerprint density at radius 3 is 2.39 bits per heavy atom. The molecule has 0 radical (unpaired) electrons. The largest absolute Gasteiger partial charge is 0.464 e. The van der Waals surface area contributed by atoms with Gasteiger partial charge in [0.15, 0.2) is 0 Å². The van der Waals surface area contributed by atoms with Crippen molar-refractivity contribution in [3.63, 3.8) is 0 Å². The predicted octanol–water partition coefficient (Wildman–Crippen LogP) is 3.71. The Bertz CT molecular complexity index is 770. The summed E-state index contributed by atoms with van der Waals surface area (Å²) < 4.78 is 7.62. The van der Waals surface area contributed by atoms with Crippen molar-refractivity contribution in [3.8, 4) is 0 Å². The van der Waals surface area contributed by atoms with Gasteiger partial charge in [0.1, 0.15) is 11.5 Å². The maximum Gasteiger partial charge on any atom is 0.254 e. The highest BCUT2D eigenvalue weighted by molar-refractivity contribution is 5.94. The van der Waals surface area contributed by atoms with Gasteiger partial charge in [-0.3, -0.25) is 4.79 Å². The summed E-state index contributed by atoms with van der Waals surface area (Å²) in [7, 11) is 1.79. The van der Waals surface area contributed by atoms with Crippen LogP contribution < -0.4 is 0 Å². The van der Waals surface area contributed by atoms with Crippen LogP contribution in [0.25, 0.3) is 0 Å². The smallest absolute Gasteiger partial charge is 0.254 e. The Morgan fingerprint density at radius 1 is 1.09 bits per heavy atom. The van der Waals surface area contributed by atoms with Gasteiger partial charge >= 0.3 is 0 Å². The van der Waals surface area contributed by atoms with Gasteiger partial charge in [-0.15, -0.1) is 0 Å². The van der Waals surface area contributed by atoms with Gasteiger partial charge in [-0.05, 0) is 48.9 Å². The van der Waals surface area contributed by atoms with Crippen molar-refractivity contribution in [2.24, 2.45) is 0 Å². The second-order valence-corrected chi connectivity index (χ2v) is 5.73. The van der Waals surface area contributed by atoms with E-state index in [1.54, 1.807) is 11.9 Å². The van der Waals surface area contributed by atoms with Crippen LogP contribution >= 0.6 is 0 Å². The SMILES string of the molecule is Cc1ccc(CN(C)C(=O)c2ccc(Cn3cccc3)cc2)o1. The zero-order valence-corrected chi connectivity index (χ0v) is 13.4. The Hall–Kier alpha value is -2.75. The van der Waals surface area contributed by atoms with Gasteiger partial charge in [-0.1, -0.05) is 12.1 Å². The summed E-state index contributed by atoms with van der Waals surface area (Å²) in [6, 6.07) is 15.6. The Morgan fingerprint density at radius 2 is 1.78 bits per heavy atom. The van der Waals surface area contributed by atoms with Crippen LogP contribution in [-0.4, -0.2) is 22.4 Å². The minimum absolute atomic E-state index is 0.00781. The quantitative estimate of drug-likeness (QED) is 0.720. The van der Waals surface area contributed by atoms with Crippen LogP contribution in [-0.2, 0) is 13.1 Å².